The molecule has 1 atom stereocenters. The standard InChI is InChI=1S/C17H25NO2/c19-13-11-16-9-5-12-18(14-16)17(20)10-4-8-15-6-2-1-3-7-15/h1-3,6-7,16,19H,4-5,8-14H2. The Bertz CT molecular complexity index is 403. The van der Waals surface area contributed by atoms with E-state index in [1.807, 2.05) is 23.1 Å². The number of carbonyl (C=O) groups excluding carboxylic acids is 1. The highest BCUT2D eigenvalue weighted by atomic mass is 16.3. The molecule has 0 aliphatic carbocycles. The lowest BCUT2D eigenvalue weighted by Crippen LogP contribution is -2.40. The van der Waals surface area contributed by atoms with Crippen LogP contribution in [-0.4, -0.2) is 35.6 Å². The summed E-state index contributed by atoms with van der Waals surface area (Å²) in [5.74, 6) is 0.774. The maximum atomic E-state index is 12.2. The lowest BCUT2D eigenvalue weighted by molar-refractivity contribution is -0.133. The molecule has 110 valence electrons. The molecule has 1 amide bonds. The Morgan fingerprint density at radius 2 is 2.10 bits per heavy atom. The van der Waals surface area contributed by atoms with Crippen LogP contribution in [0.2, 0.25) is 0 Å². The number of carbonyl (C=O) groups is 1. The van der Waals surface area contributed by atoms with Gasteiger partial charge in [-0.25, -0.2) is 0 Å². The van der Waals surface area contributed by atoms with Crippen molar-refractivity contribution < 1.29 is 9.90 Å². The van der Waals surface area contributed by atoms with Crippen LogP contribution in [0.25, 0.3) is 0 Å². The molecule has 1 saturated heterocycles. The summed E-state index contributed by atoms with van der Waals surface area (Å²) < 4.78 is 0. The predicted molar refractivity (Wildman–Crippen MR) is 80.4 cm³/mol. The largest absolute Gasteiger partial charge is 0.396 e. The quantitative estimate of drug-likeness (QED) is 0.867. The van der Waals surface area contributed by atoms with Crippen LogP contribution < -0.4 is 0 Å². The fourth-order valence-corrected chi connectivity index (χ4v) is 2.96. The predicted octanol–water partition coefficient (Wildman–Crippen LogP) is 2.63. The fourth-order valence-electron chi connectivity index (χ4n) is 2.96. The number of rotatable bonds is 6. The van der Waals surface area contributed by atoms with Crippen molar-refractivity contribution in [2.75, 3.05) is 19.7 Å². The van der Waals surface area contributed by atoms with Crippen LogP contribution in [-0.2, 0) is 11.2 Å². The van der Waals surface area contributed by atoms with Crippen LogP contribution in [0, 0.1) is 5.92 Å². The van der Waals surface area contributed by atoms with Gasteiger partial charge in [-0.1, -0.05) is 30.3 Å². The number of hydrogen-bond acceptors (Lipinski definition) is 2. The molecule has 1 aromatic carbocycles. The number of aliphatic hydroxyl groups is 1. The van der Waals surface area contributed by atoms with E-state index in [2.05, 4.69) is 12.1 Å². The molecule has 1 aliphatic heterocycles. The van der Waals surface area contributed by atoms with Gasteiger partial charge in [0, 0.05) is 26.1 Å². The number of hydrogen-bond donors (Lipinski definition) is 1. The van der Waals surface area contributed by atoms with Gasteiger partial charge >= 0.3 is 0 Å². The number of piperidine rings is 1. The van der Waals surface area contributed by atoms with Crippen LogP contribution >= 0.6 is 0 Å². The minimum absolute atomic E-state index is 0.237. The number of amides is 1. The van der Waals surface area contributed by atoms with Gasteiger partial charge in [0.05, 0.1) is 0 Å². The average molecular weight is 275 g/mol. The van der Waals surface area contributed by atoms with Crippen molar-refractivity contribution in [1.82, 2.24) is 4.90 Å². The summed E-state index contributed by atoms with van der Waals surface area (Å²) in [7, 11) is 0. The van der Waals surface area contributed by atoms with E-state index in [1.165, 1.54) is 5.56 Å². The Kier molecular flexibility index (Phi) is 6.06. The molecule has 3 heteroatoms. The second kappa shape index (κ2) is 8.05. The summed E-state index contributed by atoms with van der Waals surface area (Å²) in [6.45, 7) is 1.97. The molecule has 1 unspecified atom stereocenters. The Balaban J connectivity index is 1.71. The zero-order valence-corrected chi connectivity index (χ0v) is 12.1. The first-order chi connectivity index (χ1) is 9.79. The summed E-state index contributed by atoms with van der Waals surface area (Å²) in [5.41, 5.74) is 1.30. The molecule has 0 radical (unpaired) electrons. The van der Waals surface area contributed by atoms with Crippen molar-refractivity contribution in [3.63, 3.8) is 0 Å². The summed E-state index contributed by atoms with van der Waals surface area (Å²) in [6, 6.07) is 10.3. The normalized spacial score (nSPS) is 19.1. The smallest absolute Gasteiger partial charge is 0.222 e. The molecule has 3 nitrogen and oxygen atoms in total. The van der Waals surface area contributed by atoms with Gasteiger partial charge in [0.15, 0.2) is 0 Å². The fraction of sp³-hybridized carbons (Fsp3) is 0.588. The van der Waals surface area contributed by atoms with Gasteiger partial charge in [0.25, 0.3) is 0 Å². The van der Waals surface area contributed by atoms with Crippen LogP contribution in [0.3, 0.4) is 0 Å². The highest BCUT2D eigenvalue weighted by Gasteiger charge is 2.22. The minimum atomic E-state index is 0.237. The van der Waals surface area contributed by atoms with Crippen molar-refractivity contribution >= 4 is 5.91 Å². The molecule has 1 aliphatic rings. The molecule has 1 fully saturated rings. The van der Waals surface area contributed by atoms with Gasteiger partial charge in [-0.3, -0.25) is 4.79 Å². The van der Waals surface area contributed by atoms with E-state index in [9.17, 15) is 4.79 Å². The summed E-state index contributed by atoms with van der Waals surface area (Å²) in [4.78, 5) is 14.2. The van der Waals surface area contributed by atoms with Crippen LogP contribution in [0.1, 0.15) is 37.7 Å². The molecule has 0 saturated carbocycles. The Hall–Kier alpha value is -1.35. The van der Waals surface area contributed by atoms with Gasteiger partial charge in [-0.2, -0.15) is 0 Å². The van der Waals surface area contributed by atoms with Gasteiger partial charge in [0.2, 0.25) is 5.91 Å². The minimum Gasteiger partial charge on any atom is -0.396 e. The lowest BCUT2D eigenvalue weighted by atomic mass is 9.95. The van der Waals surface area contributed by atoms with Crippen molar-refractivity contribution in [3.8, 4) is 0 Å². The SMILES string of the molecule is O=C(CCCc1ccccc1)N1CCCC(CCO)C1. The highest BCUT2D eigenvalue weighted by Crippen LogP contribution is 2.20. The summed E-state index contributed by atoms with van der Waals surface area (Å²) >= 11 is 0. The summed E-state index contributed by atoms with van der Waals surface area (Å²) in [6.07, 6.45) is 5.59. The first-order valence-electron chi connectivity index (χ1n) is 7.72. The van der Waals surface area contributed by atoms with E-state index in [-0.39, 0.29) is 12.5 Å². The maximum Gasteiger partial charge on any atom is 0.222 e. The second-order valence-electron chi connectivity index (χ2n) is 5.70. The Morgan fingerprint density at radius 1 is 1.30 bits per heavy atom. The molecule has 1 aromatic rings. The third-order valence-electron chi connectivity index (χ3n) is 4.11. The van der Waals surface area contributed by atoms with E-state index in [1.54, 1.807) is 0 Å². The molecule has 0 bridgehead atoms. The van der Waals surface area contributed by atoms with Gasteiger partial charge < -0.3 is 10.0 Å². The first-order valence-corrected chi connectivity index (χ1v) is 7.72. The molecule has 1 N–H and O–H groups in total. The number of likely N-dealkylation sites (tertiary alicyclic amines) is 1. The zero-order valence-electron chi connectivity index (χ0n) is 12.1. The van der Waals surface area contributed by atoms with Crippen molar-refractivity contribution in [1.29, 1.82) is 0 Å². The Labute approximate surface area is 121 Å². The first kappa shape index (κ1) is 15.0. The zero-order chi connectivity index (χ0) is 14.2. The van der Waals surface area contributed by atoms with Gasteiger partial charge in [-0.15, -0.1) is 0 Å². The van der Waals surface area contributed by atoms with E-state index >= 15 is 0 Å². The topological polar surface area (TPSA) is 40.5 Å². The van der Waals surface area contributed by atoms with E-state index in [0.29, 0.717) is 12.3 Å². The third kappa shape index (κ3) is 4.64. The van der Waals surface area contributed by atoms with Gasteiger partial charge in [-0.05, 0) is 43.6 Å². The molecule has 0 aromatic heterocycles. The van der Waals surface area contributed by atoms with Crippen LogP contribution in [0.4, 0.5) is 0 Å². The van der Waals surface area contributed by atoms with Crippen molar-refractivity contribution in [3.05, 3.63) is 35.9 Å². The van der Waals surface area contributed by atoms with Crippen LogP contribution in [0.15, 0.2) is 30.3 Å². The molecular formula is C17H25NO2. The Morgan fingerprint density at radius 3 is 2.85 bits per heavy atom. The third-order valence-corrected chi connectivity index (χ3v) is 4.11. The highest BCUT2D eigenvalue weighted by molar-refractivity contribution is 5.76. The summed E-state index contributed by atoms with van der Waals surface area (Å²) in [5, 5.41) is 9.01. The van der Waals surface area contributed by atoms with E-state index in [0.717, 1.165) is 45.2 Å². The van der Waals surface area contributed by atoms with Gasteiger partial charge in [0.1, 0.15) is 0 Å². The number of aryl methyl sites for hydroxylation is 1. The van der Waals surface area contributed by atoms with Crippen LogP contribution in [0.5, 0.6) is 0 Å². The lowest BCUT2D eigenvalue weighted by Gasteiger charge is -2.32. The monoisotopic (exact) mass is 275 g/mol. The molecule has 1 heterocycles. The number of nitrogens with zero attached hydrogens (tertiary/aromatic N) is 1. The molecule has 0 spiro atoms. The number of aliphatic hydroxyl groups excluding tert-OH is 1. The molecule has 20 heavy (non-hydrogen) atoms. The molecule has 2 rings (SSSR count). The van der Waals surface area contributed by atoms with Crippen molar-refractivity contribution in [2.24, 2.45) is 5.92 Å². The second-order valence-corrected chi connectivity index (χ2v) is 5.70. The van der Waals surface area contributed by atoms with E-state index in [4.69, 9.17) is 5.11 Å². The number of benzene rings is 1. The maximum absolute atomic E-state index is 12.2. The molecular weight excluding hydrogens is 250 g/mol. The van der Waals surface area contributed by atoms with Crippen molar-refractivity contribution in [2.45, 2.75) is 38.5 Å². The van der Waals surface area contributed by atoms with E-state index < -0.39 is 0 Å². The average Bonchev–Trinajstić information content (AvgIpc) is 2.49.